The van der Waals surface area contributed by atoms with Crippen LogP contribution >= 0.6 is 0 Å². The second kappa shape index (κ2) is 4.74. The minimum absolute atomic E-state index is 0.0357. The Morgan fingerprint density at radius 1 is 0.944 bits per heavy atom. The quantitative estimate of drug-likeness (QED) is 0.836. The van der Waals surface area contributed by atoms with E-state index in [0.717, 1.165) is 0 Å². The molecule has 0 atom stereocenters. The van der Waals surface area contributed by atoms with E-state index in [9.17, 15) is 10.2 Å². The molecule has 0 unspecified atom stereocenters. The van der Waals surface area contributed by atoms with Gasteiger partial charge in [0.25, 0.3) is 0 Å². The standard InChI is InChI=1S/C11H11N3O4/c1-17-6-3-7(18-2)10(16)8(9(6)15)11-13-4-12-5-14-11/h3-5,15-16H,1-2H3. The van der Waals surface area contributed by atoms with Gasteiger partial charge < -0.3 is 19.7 Å². The van der Waals surface area contributed by atoms with Crippen LogP contribution in [0.1, 0.15) is 0 Å². The zero-order valence-electron chi connectivity index (χ0n) is 9.78. The highest BCUT2D eigenvalue weighted by molar-refractivity contribution is 5.78. The van der Waals surface area contributed by atoms with Gasteiger partial charge in [0.15, 0.2) is 28.8 Å². The molecule has 1 aromatic carbocycles. The lowest BCUT2D eigenvalue weighted by Crippen LogP contribution is -1.95. The molecule has 0 spiro atoms. The summed E-state index contributed by atoms with van der Waals surface area (Å²) in [7, 11) is 2.78. The number of ether oxygens (including phenoxy) is 2. The number of rotatable bonds is 3. The van der Waals surface area contributed by atoms with Crippen molar-refractivity contribution in [1.82, 2.24) is 15.0 Å². The smallest absolute Gasteiger partial charge is 0.173 e. The third kappa shape index (κ3) is 1.86. The summed E-state index contributed by atoms with van der Waals surface area (Å²) in [6.07, 6.45) is 2.51. The first-order chi connectivity index (χ1) is 8.69. The third-order valence-corrected chi connectivity index (χ3v) is 2.36. The Hall–Kier alpha value is -2.57. The zero-order chi connectivity index (χ0) is 13.1. The van der Waals surface area contributed by atoms with Crippen LogP contribution in [-0.2, 0) is 0 Å². The van der Waals surface area contributed by atoms with Crippen molar-refractivity contribution in [2.45, 2.75) is 0 Å². The summed E-state index contributed by atoms with van der Waals surface area (Å²) in [6.45, 7) is 0. The van der Waals surface area contributed by atoms with Crippen molar-refractivity contribution in [2.75, 3.05) is 14.2 Å². The molecular formula is C11H11N3O4. The van der Waals surface area contributed by atoms with Crippen molar-refractivity contribution >= 4 is 0 Å². The second-order valence-corrected chi connectivity index (χ2v) is 3.32. The average molecular weight is 249 g/mol. The van der Waals surface area contributed by atoms with Gasteiger partial charge >= 0.3 is 0 Å². The van der Waals surface area contributed by atoms with E-state index < -0.39 is 0 Å². The van der Waals surface area contributed by atoms with E-state index in [4.69, 9.17) is 9.47 Å². The Kier molecular flexibility index (Phi) is 3.13. The van der Waals surface area contributed by atoms with Crippen LogP contribution in [0.3, 0.4) is 0 Å². The van der Waals surface area contributed by atoms with Crippen LogP contribution in [-0.4, -0.2) is 39.4 Å². The molecule has 7 heteroatoms. The molecule has 1 heterocycles. The molecule has 0 aliphatic rings. The lowest BCUT2D eigenvalue weighted by atomic mass is 10.1. The van der Waals surface area contributed by atoms with Gasteiger partial charge in [-0.05, 0) is 0 Å². The third-order valence-electron chi connectivity index (χ3n) is 2.36. The van der Waals surface area contributed by atoms with E-state index in [2.05, 4.69) is 15.0 Å². The topological polar surface area (TPSA) is 97.6 Å². The summed E-state index contributed by atoms with van der Waals surface area (Å²) < 4.78 is 9.98. The van der Waals surface area contributed by atoms with Crippen LogP contribution in [0, 0.1) is 0 Å². The normalized spacial score (nSPS) is 10.1. The lowest BCUT2D eigenvalue weighted by Gasteiger charge is -2.13. The Labute approximate surface area is 103 Å². The number of phenolic OH excluding ortho intramolecular Hbond substituents is 2. The lowest BCUT2D eigenvalue weighted by molar-refractivity contribution is 0.348. The average Bonchev–Trinajstić information content (AvgIpc) is 2.40. The van der Waals surface area contributed by atoms with Crippen molar-refractivity contribution in [3.05, 3.63) is 18.7 Å². The molecule has 2 aromatic rings. The van der Waals surface area contributed by atoms with Gasteiger partial charge in [-0.3, -0.25) is 0 Å². The Bertz CT molecular complexity index is 532. The van der Waals surface area contributed by atoms with Crippen LogP contribution in [0.15, 0.2) is 18.7 Å². The van der Waals surface area contributed by atoms with Crippen molar-refractivity contribution < 1.29 is 19.7 Å². The minimum Gasteiger partial charge on any atom is -0.504 e. The van der Waals surface area contributed by atoms with Gasteiger partial charge in [-0.2, -0.15) is 0 Å². The molecule has 0 saturated carbocycles. The molecule has 1 aromatic heterocycles. The fourth-order valence-electron chi connectivity index (χ4n) is 1.51. The molecule has 94 valence electrons. The summed E-state index contributed by atoms with van der Waals surface area (Å²) in [4.78, 5) is 11.4. The zero-order valence-corrected chi connectivity index (χ0v) is 9.78. The molecule has 2 N–H and O–H groups in total. The molecular weight excluding hydrogens is 238 g/mol. The van der Waals surface area contributed by atoms with E-state index in [-0.39, 0.29) is 34.4 Å². The number of benzene rings is 1. The van der Waals surface area contributed by atoms with Crippen LogP contribution in [0.2, 0.25) is 0 Å². The first-order valence-corrected chi connectivity index (χ1v) is 4.98. The number of methoxy groups -OCH3 is 2. The number of phenols is 2. The molecule has 0 amide bonds. The van der Waals surface area contributed by atoms with Gasteiger partial charge in [-0.15, -0.1) is 0 Å². The van der Waals surface area contributed by atoms with E-state index in [1.54, 1.807) is 0 Å². The fourth-order valence-corrected chi connectivity index (χ4v) is 1.51. The van der Waals surface area contributed by atoms with Crippen molar-refractivity contribution in [2.24, 2.45) is 0 Å². The van der Waals surface area contributed by atoms with E-state index in [1.165, 1.54) is 32.9 Å². The van der Waals surface area contributed by atoms with Gasteiger partial charge in [0.05, 0.1) is 14.2 Å². The Balaban J connectivity index is 2.72. The van der Waals surface area contributed by atoms with Crippen LogP contribution in [0.4, 0.5) is 0 Å². The molecule has 7 nitrogen and oxygen atoms in total. The Morgan fingerprint density at radius 3 is 1.89 bits per heavy atom. The van der Waals surface area contributed by atoms with Gasteiger partial charge in [-0.1, -0.05) is 0 Å². The highest BCUT2D eigenvalue weighted by Crippen LogP contribution is 2.47. The second-order valence-electron chi connectivity index (χ2n) is 3.32. The highest BCUT2D eigenvalue weighted by atomic mass is 16.5. The van der Waals surface area contributed by atoms with Crippen LogP contribution in [0.25, 0.3) is 11.4 Å². The molecule has 18 heavy (non-hydrogen) atoms. The number of hydrogen-bond acceptors (Lipinski definition) is 7. The largest absolute Gasteiger partial charge is 0.504 e. The number of aromatic nitrogens is 3. The van der Waals surface area contributed by atoms with Gasteiger partial charge in [0, 0.05) is 6.07 Å². The number of nitrogens with zero attached hydrogens (tertiary/aromatic N) is 3. The van der Waals surface area contributed by atoms with Gasteiger partial charge in [0.1, 0.15) is 18.2 Å². The SMILES string of the molecule is COc1cc(OC)c(O)c(-c2ncncn2)c1O. The predicted molar refractivity (Wildman–Crippen MR) is 61.7 cm³/mol. The highest BCUT2D eigenvalue weighted by Gasteiger charge is 2.21. The van der Waals surface area contributed by atoms with Gasteiger partial charge in [-0.25, -0.2) is 15.0 Å². The van der Waals surface area contributed by atoms with Crippen molar-refractivity contribution in [1.29, 1.82) is 0 Å². The first-order valence-electron chi connectivity index (χ1n) is 4.98. The first kappa shape index (κ1) is 11.9. The fraction of sp³-hybridized carbons (Fsp3) is 0.182. The van der Waals surface area contributed by atoms with Crippen LogP contribution < -0.4 is 9.47 Å². The van der Waals surface area contributed by atoms with E-state index in [0.29, 0.717) is 0 Å². The molecule has 0 aliphatic heterocycles. The molecule has 0 bridgehead atoms. The summed E-state index contributed by atoms with van der Waals surface area (Å²) in [6, 6.07) is 1.37. The summed E-state index contributed by atoms with van der Waals surface area (Å²) in [5.41, 5.74) is 0.0357. The van der Waals surface area contributed by atoms with Gasteiger partial charge in [0.2, 0.25) is 0 Å². The predicted octanol–water partition coefficient (Wildman–Crippen LogP) is 0.967. The summed E-state index contributed by atoms with van der Waals surface area (Å²) in [5, 5.41) is 20.0. The van der Waals surface area contributed by atoms with Crippen molar-refractivity contribution in [3.8, 4) is 34.4 Å². The van der Waals surface area contributed by atoms with Crippen molar-refractivity contribution in [3.63, 3.8) is 0 Å². The molecule has 0 fully saturated rings. The number of hydrogen-bond donors (Lipinski definition) is 2. The molecule has 2 rings (SSSR count). The minimum atomic E-state index is -0.262. The Morgan fingerprint density at radius 2 is 1.44 bits per heavy atom. The number of aromatic hydroxyl groups is 2. The summed E-state index contributed by atoms with van der Waals surface area (Å²) >= 11 is 0. The van der Waals surface area contributed by atoms with E-state index >= 15 is 0 Å². The molecule has 0 radical (unpaired) electrons. The maximum absolute atomic E-state index is 10.0. The molecule has 0 saturated heterocycles. The maximum atomic E-state index is 10.0. The maximum Gasteiger partial charge on any atom is 0.173 e. The molecule has 0 aliphatic carbocycles. The monoisotopic (exact) mass is 249 g/mol. The summed E-state index contributed by atoms with van der Waals surface area (Å²) in [5.74, 6) is -0.0960. The van der Waals surface area contributed by atoms with E-state index in [1.807, 2.05) is 0 Å². The van der Waals surface area contributed by atoms with Crippen LogP contribution in [0.5, 0.6) is 23.0 Å².